The van der Waals surface area contributed by atoms with Crippen LogP contribution in [0, 0.1) is 0 Å². The number of carbonyl (C=O) groups excluding carboxylic acids is 1. The van der Waals surface area contributed by atoms with Crippen LogP contribution in [0.4, 0.5) is 5.69 Å². The molecule has 0 N–H and O–H groups in total. The summed E-state index contributed by atoms with van der Waals surface area (Å²) in [7, 11) is -0.456. The predicted octanol–water partition coefficient (Wildman–Crippen LogP) is 2.68. The Labute approximate surface area is 150 Å². The molecule has 0 aliphatic carbocycles. The van der Waals surface area contributed by atoms with E-state index in [0.29, 0.717) is 6.54 Å². The highest BCUT2D eigenvalue weighted by molar-refractivity contribution is 6.62. The van der Waals surface area contributed by atoms with Crippen molar-refractivity contribution in [2.75, 3.05) is 18.1 Å². The maximum absolute atomic E-state index is 12.3. The van der Waals surface area contributed by atoms with Crippen molar-refractivity contribution in [3.05, 3.63) is 30.9 Å². The average Bonchev–Trinajstić information content (AvgIpc) is 2.77. The molecule has 6 heteroatoms. The van der Waals surface area contributed by atoms with Gasteiger partial charge in [0.05, 0.1) is 16.9 Å². The molecule has 3 rings (SSSR count). The van der Waals surface area contributed by atoms with Gasteiger partial charge in [0, 0.05) is 6.54 Å². The van der Waals surface area contributed by atoms with Crippen molar-refractivity contribution in [3.8, 4) is 5.75 Å². The van der Waals surface area contributed by atoms with Crippen LogP contribution in [0.15, 0.2) is 30.9 Å². The van der Waals surface area contributed by atoms with Crippen LogP contribution >= 0.6 is 0 Å². The van der Waals surface area contributed by atoms with Crippen LogP contribution in [0.5, 0.6) is 5.75 Å². The molecule has 5 nitrogen and oxygen atoms in total. The summed E-state index contributed by atoms with van der Waals surface area (Å²) in [6.07, 6.45) is 3.61. The molecule has 134 valence electrons. The maximum atomic E-state index is 12.3. The summed E-state index contributed by atoms with van der Waals surface area (Å²) >= 11 is 0. The number of amides is 1. The molecule has 1 aromatic carbocycles. The van der Waals surface area contributed by atoms with Gasteiger partial charge in [-0.25, -0.2) is 0 Å². The molecule has 1 saturated heterocycles. The van der Waals surface area contributed by atoms with Crippen molar-refractivity contribution in [2.45, 2.75) is 51.7 Å². The van der Waals surface area contributed by atoms with E-state index < -0.39 is 18.3 Å². The fourth-order valence-electron chi connectivity index (χ4n) is 2.98. The van der Waals surface area contributed by atoms with Gasteiger partial charge in [0.2, 0.25) is 0 Å². The summed E-state index contributed by atoms with van der Waals surface area (Å²) in [6.45, 7) is 12.6. The quantitative estimate of drug-likeness (QED) is 0.469. The molecule has 25 heavy (non-hydrogen) atoms. The Kier molecular flexibility index (Phi) is 4.69. The van der Waals surface area contributed by atoms with Gasteiger partial charge in [-0.05, 0) is 58.1 Å². The third-order valence-corrected chi connectivity index (χ3v) is 5.24. The molecule has 0 atom stereocenters. The average molecular weight is 343 g/mol. The smallest absolute Gasteiger partial charge is 0.482 e. The summed E-state index contributed by atoms with van der Waals surface area (Å²) < 4.78 is 17.8. The van der Waals surface area contributed by atoms with Gasteiger partial charge < -0.3 is 18.9 Å². The highest BCUT2D eigenvalue weighted by atomic mass is 16.7. The highest BCUT2D eigenvalue weighted by Gasteiger charge is 2.51. The van der Waals surface area contributed by atoms with Crippen molar-refractivity contribution < 1.29 is 18.8 Å². The van der Waals surface area contributed by atoms with Gasteiger partial charge in [-0.2, -0.15) is 0 Å². The van der Waals surface area contributed by atoms with E-state index in [1.165, 1.54) is 0 Å². The number of allylic oxidation sites excluding steroid dienone is 1. The summed E-state index contributed by atoms with van der Waals surface area (Å²) in [4.78, 5) is 14.1. The molecule has 0 radical (unpaired) electrons. The standard InChI is InChI=1S/C19H26BNO4/c1-6-7-8-11-21-15-12-14(9-10-16(15)23-13-17(21)22)20-24-18(2,3)19(4,5)25-20/h6,9-10,12H,1,7-8,11,13H2,2-5H3. The molecule has 0 saturated carbocycles. The minimum Gasteiger partial charge on any atom is -0.482 e. The molecule has 1 fully saturated rings. The zero-order valence-electron chi connectivity index (χ0n) is 15.5. The van der Waals surface area contributed by atoms with Gasteiger partial charge in [0.25, 0.3) is 5.91 Å². The van der Waals surface area contributed by atoms with Crippen LogP contribution in [0.1, 0.15) is 40.5 Å². The first-order chi connectivity index (χ1) is 11.7. The van der Waals surface area contributed by atoms with Crippen molar-refractivity contribution in [3.63, 3.8) is 0 Å². The van der Waals surface area contributed by atoms with E-state index >= 15 is 0 Å². The molecule has 0 unspecified atom stereocenters. The lowest BCUT2D eigenvalue weighted by Gasteiger charge is -2.32. The van der Waals surface area contributed by atoms with Crippen LogP contribution in [0.3, 0.4) is 0 Å². The molecule has 0 aromatic heterocycles. The van der Waals surface area contributed by atoms with Gasteiger partial charge in [-0.15, -0.1) is 6.58 Å². The number of carbonyl (C=O) groups is 1. The normalized spacial score (nSPS) is 21.0. The number of unbranched alkanes of at least 4 members (excludes halogenated alkanes) is 1. The monoisotopic (exact) mass is 343 g/mol. The molecule has 2 heterocycles. The molecule has 2 aliphatic heterocycles. The third-order valence-electron chi connectivity index (χ3n) is 5.24. The minimum atomic E-state index is -0.456. The van der Waals surface area contributed by atoms with Gasteiger partial charge >= 0.3 is 7.12 Å². The molecule has 0 spiro atoms. The number of ether oxygens (including phenoxy) is 1. The predicted molar refractivity (Wildman–Crippen MR) is 99.4 cm³/mol. The van der Waals surface area contributed by atoms with E-state index in [2.05, 4.69) is 6.58 Å². The molecule has 2 aliphatic rings. The van der Waals surface area contributed by atoms with Gasteiger partial charge in [-0.1, -0.05) is 12.1 Å². The summed E-state index contributed by atoms with van der Waals surface area (Å²) in [5.41, 5.74) is 0.879. The molecule has 1 aromatic rings. The first kappa shape index (κ1) is 18.0. The largest absolute Gasteiger partial charge is 0.494 e. The first-order valence-corrected chi connectivity index (χ1v) is 8.79. The van der Waals surface area contributed by atoms with E-state index in [9.17, 15) is 4.79 Å². The molecule has 1 amide bonds. The number of benzene rings is 1. The van der Waals surface area contributed by atoms with E-state index in [1.54, 1.807) is 4.90 Å². The van der Waals surface area contributed by atoms with Crippen LogP contribution in [0.25, 0.3) is 0 Å². The van der Waals surface area contributed by atoms with Crippen molar-refractivity contribution in [1.82, 2.24) is 0 Å². The van der Waals surface area contributed by atoms with Crippen molar-refractivity contribution >= 4 is 24.2 Å². The zero-order valence-corrected chi connectivity index (χ0v) is 15.5. The fourth-order valence-corrected chi connectivity index (χ4v) is 2.98. The SMILES string of the molecule is C=CCCCN1C(=O)COc2ccc(B3OC(C)(C)C(C)(C)O3)cc21. The Hall–Kier alpha value is -1.79. The molecular formula is C19H26BNO4. The van der Waals surface area contributed by atoms with Crippen LogP contribution < -0.4 is 15.1 Å². The van der Waals surface area contributed by atoms with Crippen molar-refractivity contribution in [1.29, 1.82) is 0 Å². The number of anilines is 1. The topological polar surface area (TPSA) is 48.0 Å². The third kappa shape index (κ3) is 3.33. The highest BCUT2D eigenvalue weighted by Crippen LogP contribution is 2.38. The van der Waals surface area contributed by atoms with Crippen LogP contribution in [0.2, 0.25) is 0 Å². The van der Waals surface area contributed by atoms with E-state index in [-0.39, 0.29) is 12.5 Å². The lowest BCUT2D eigenvalue weighted by molar-refractivity contribution is -0.121. The second-order valence-corrected chi connectivity index (χ2v) is 7.58. The number of rotatable bonds is 5. The first-order valence-electron chi connectivity index (χ1n) is 8.79. The van der Waals surface area contributed by atoms with E-state index in [4.69, 9.17) is 14.0 Å². The van der Waals surface area contributed by atoms with E-state index in [1.807, 2.05) is 52.0 Å². The fraction of sp³-hybridized carbons (Fsp3) is 0.526. The van der Waals surface area contributed by atoms with Crippen LogP contribution in [-0.4, -0.2) is 37.4 Å². The minimum absolute atomic E-state index is 0.0253. The van der Waals surface area contributed by atoms with Crippen LogP contribution in [-0.2, 0) is 14.1 Å². The lowest BCUT2D eigenvalue weighted by Crippen LogP contribution is -2.41. The number of fused-ring (bicyclic) bond motifs is 1. The van der Waals surface area contributed by atoms with E-state index in [0.717, 1.165) is 29.7 Å². The zero-order chi connectivity index (χ0) is 18.2. The number of hydrogen-bond acceptors (Lipinski definition) is 4. The Morgan fingerprint density at radius 1 is 1.24 bits per heavy atom. The second-order valence-electron chi connectivity index (χ2n) is 7.58. The summed E-state index contributed by atoms with van der Waals surface area (Å²) in [5, 5.41) is 0. The Morgan fingerprint density at radius 3 is 2.56 bits per heavy atom. The summed E-state index contributed by atoms with van der Waals surface area (Å²) in [5.74, 6) is 0.695. The number of hydrogen-bond donors (Lipinski definition) is 0. The Bertz CT molecular complexity index is 670. The second kappa shape index (κ2) is 6.50. The molecule has 0 bridgehead atoms. The Balaban J connectivity index is 1.88. The number of nitrogens with zero attached hydrogens (tertiary/aromatic N) is 1. The lowest BCUT2D eigenvalue weighted by atomic mass is 9.78. The maximum Gasteiger partial charge on any atom is 0.494 e. The van der Waals surface area contributed by atoms with Gasteiger partial charge in [-0.3, -0.25) is 4.79 Å². The Morgan fingerprint density at radius 2 is 1.92 bits per heavy atom. The van der Waals surface area contributed by atoms with Gasteiger partial charge in [0.15, 0.2) is 6.61 Å². The van der Waals surface area contributed by atoms with Gasteiger partial charge in [0.1, 0.15) is 5.75 Å². The molecular weight excluding hydrogens is 317 g/mol. The summed E-state index contributed by atoms with van der Waals surface area (Å²) in [6, 6.07) is 5.78. The van der Waals surface area contributed by atoms with Crippen molar-refractivity contribution in [2.24, 2.45) is 0 Å².